The van der Waals surface area contributed by atoms with E-state index in [1.807, 2.05) is 38.1 Å². The van der Waals surface area contributed by atoms with Crippen molar-refractivity contribution in [3.63, 3.8) is 0 Å². The smallest absolute Gasteiger partial charge is 0.250 e. The predicted molar refractivity (Wildman–Crippen MR) is 89.6 cm³/mol. The van der Waals surface area contributed by atoms with Gasteiger partial charge in [0.1, 0.15) is 12.3 Å². The fourth-order valence-corrected chi connectivity index (χ4v) is 2.16. The molecule has 122 valence electrons. The fourth-order valence-electron chi connectivity index (χ4n) is 2.16. The van der Waals surface area contributed by atoms with Gasteiger partial charge in [-0.2, -0.15) is 0 Å². The number of aromatic nitrogens is 1. The van der Waals surface area contributed by atoms with Gasteiger partial charge in [0.05, 0.1) is 6.10 Å². The van der Waals surface area contributed by atoms with Crippen molar-refractivity contribution in [2.24, 2.45) is 0 Å². The highest BCUT2D eigenvalue weighted by molar-refractivity contribution is 5.75. The van der Waals surface area contributed by atoms with Gasteiger partial charge in [-0.15, -0.1) is 0 Å². The molecular formula is C18H22N2O3. The summed E-state index contributed by atoms with van der Waals surface area (Å²) in [5, 5.41) is 2.82. The molecule has 2 rings (SSSR count). The summed E-state index contributed by atoms with van der Waals surface area (Å²) in [5.41, 5.74) is 0.946. The minimum atomic E-state index is -0.177. The number of pyridine rings is 1. The number of carbonyl (C=O) groups is 1. The zero-order chi connectivity index (χ0) is 16.7. The molecule has 5 heteroatoms. The third-order valence-electron chi connectivity index (χ3n) is 3.24. The highest BCUT2D eigenvalue weighted by Crippen LogP contribution is 2.13. The molecule has 0 fully saturated rings. The maximum Gasteiger partial charge on any atom is 0.250 e. The van der Waals surface area contributed by atoms with E-state index >= 15 is 0 Å². The molecular weight excluding hydrogens is 292 g/mol. The second-order valence-electron chi connectivity index (χ2n) is 5.58. The van der Waals surface area contributed by atoms with Crippen LogP contribution in [0.1, 0.15) is 19.4 Å². The van der Waals surface area contributed by atoms with Gasteiger partial charge >= 0.3 is 0 Å². The second kappa shape index (κ2) is 8.17. The van der Waals surface area contributed by atoms with E-state index in [0.717, 1.165) is 17.7 Å². The Hall–Kier alpha value is -2.56. The van der Waals surface area contributed by atoms with Crippen LogP contribution in [0.3, 0.4) is 0 Å². The molecule has 0 bridgehead atoms. The summed E-state index contributed by atoms with van der Waals surface area (Å²) in [6, 6.07) is 12.7. The van der Waals surface area contributed by atoms with Crippen LogP contribution in [0.25, 0.3) is 0 Å². The standard InChI is InChI=1S/C18H22N2O3/c1-14(2)23-16-8-6-15(7-9-16)10-11-19-17(21)13-20-12-4-3-5-18(20)22/h3-9,12,14H,10-11,13H2,1-2H3,(H,19,21). The number of hydrogen-bond acceptors (Lipinski definition) is 3. The Balaban J connectivity index is 1.77. The molecule has 0 aliphatic heterocycles. The van der Waals surface area contributed by atoms with E-state index in [9.17, 15) is 9.59 Å². The Morgan fingerprint density at radius 1 is 1.17 bits per heavy atom. The van der Waals surface area contributed by atoms with E-state index in [0.29, 0.717) is 6.54 Å². The summed E-state index contributed by atoms with van der Waals surface area (Å²) in [4.78, 5) is 23.4. The Morgan fingerprint density at radius 3 is 2.57 bits per heavy atom. The number of ether oxygens (including phenoxy) is 1. The zero-order valence-electron chi connectivity index (χ0n) is 13.5. The SMILES string of the molecule is CC(C)Oc1ccc(CCNC(=O)Cn2ccccc2=O)cc1. The van der Waals surface area contributed by atoms with Gasteiger partial charge in [0, 0.05) is 18.8 Å². The lowest BCUT2D eigenvalue weighted by molar-refractivity contribution is -0.121. The number of carbonyl (C=O) groups excluding carboxylic acids is 1. The maximum absolute atomic E-state index is 11.8. The minimum Gasteiger partial charge on any atom is -0.491 e. The lowest BCUT2D eigenvalue weighted by atomic mass is 10.1. The van der Waals surface area contributed by atoms with Gasteiger partial charge in [-0.25, -0.2) is 0 Å². The molecule has 1 amide bonds. The van der Waals surface area contributed by atoms with Gasteiger partial charge in [0.25, 0.3) is 5.56 Å². The van der Waals surface area contributed by atoms with Crippen LogP contribution < -0.4 is 15.6 Å². The largest absolute Gasteiger partial charge is 0.491 e. The molecule has 0 atom stereocenters. The first-order valence-electron chi connectivity index (χ1n) is 7.72. The van der Waals surface area contributed by atoms with E-state index in [2.05, 4.69) is 5.32 Å². The van der Waals surface area contributed by atoms with E-state index in [1.54, 1.807) is 18.3 Å². The predicted octanol–water partition coefficient (Wildman–Crippen LogP) is 1.99. The number of benzene rings is 1. The van der Waals surface area contributed by atoms with Crippen molar-refractivity contribution in [3.8, 4) is 5.75 Å². The topological polar surface area (TPSA) is 60.3 Å². The maximum atomic E-state index is 11.8. The first-order chi connectivity index (χ1) is 11.0. The summed E-state index contributed by atoms with van der Waals surface area (Å²) in [7, 11) is 0. The number of hydrogen-bond donors (Lipinski definition) is 1. The van der Waals surface area contributed by atoms with Crippen molar-refractivity contribution in [1.29, 1.82) is 0 Å². The summed E-state index contributed by atoms with van der Waals surface area (Å²) in [6.45, 7) is 4.55. The average molecular weight is 314 g/mol. The minimum absolute atomic E-state index is 0.0425. The average Bonchev–Trinajstić information content (AvgIpc) is 2.51. The lowest BCUT2D eigenvalue weighted by Gasteiger charge is -2.10. The normalized spacial score (nSPS) is 10.6. The summed E-state index contributed by atoms with van der Waals surface area (Å²) < 4.78 is 6.97. The number of amides is 1. The van der Waals surface area contributed by atoms with Crippen molar-refractivity contribution >= 4 is 5.91 Å². The van der Waals surface area contributed by atoms with E-state index < -0.39 is 0 Å². The summed E-state index contributed by atoms with van der Waals surface area (Å²) in [5.74, 6) is 0.675. The molecule has 23 heavy (non-hydrogen) atoms. The molecule has 0 unspecified atom stereocenters. The van der Waals surface area contributed by atoms with Crippen molar-refractivity contribution in [2.45, 2.75) is 32.9 Å². The quantitative estimate of drug-likeness (QED) is 0.850. The van der Waals surface area contributed by atoms with Crippen molar-refractivity contribution in [3.05, 3.63) is 64.6 Å². The molecule has 2 aromatic rings. The molecule has 0 spiro atoms. The highest BCUT2D eigenvalue weighted by atomic mass is 16.5. The molecule has 1 N–H and O–H groups in total. The first-order valence-corrected chi connectivity index (χ1v) is 7.72. The third-order valence-corrected chi connectivity index (χ3v) is 3.24. The highest BCUT2D eigenvalue weighted by Gasteiger charge is 2.04. The Labute approximate surface area is 135 Å². The van der Waals surface area contributed by atoms with Crippen LogP contribution in [-0.4, -0.2) is 23.1 Å². The lowest BCUT2D eigenvalue weighted by Crippen LogP contribution is -2.32. The molecule has 1 aromatic heterocycles. The number of nitrogens with zero attached hydrogens (tertiary/aromatic N) is 1. The Bertz CT molecular complexity index is 690. The van der Waals surface area contributed by atoms with Crippen molar-refractivity contribution < 1.29 is 9.53 Å². The van der Waals surface area contributed by atoms with Crippen LogP contribution in [0.5, 0.6) is 5.75 Å². The second-order valence-corrected chi connectivity index (χ2v) is 5.58. The van der Waals surface area contributed by atoms with Crippen LogP contribution in [0.4, 0.5) is 0 Å². The molecule has 0 radical (unpaired) electrons. The van der Waals surface area contributed by atoms with Gasteiger partial charge in [-0.3, -0.25) is 9.59 Å². The van der Waals surface area contributed by atoms with Crippen LogP contribution >= 0.6 is 0 Å². The third kappa shape index (κ3) is 5.62. The Kier molecular flexibility index (Phi) is 5.97. The van der Waals surface area contributed by atoms with Crippen LogP contribution in [0, 0.1) is 0 Å². The van der Waals surface area contributed by atoms with E-state index in [1.165, 1.54) is 10.6 Å². The molecule has 0 saturated heterocycles. The Morgan fingerprint density at radius 2 is 1.91 bits per heavy atom. The van der Waals surface area contributed by atoms with Gasteiger partial charge in [-0.05, 0) is 44.0 Å². The molecule has 0 saturated carbocycles. The van der Waals surface area contributed by atoms with Gasteiger partial charge in [0.2, 0.25) is 5.91 Å². The van der Waals surface area contributed by atoms with Gasteiger partial charge in [0.15, 0.2) is 0 Å². The summed E-state index contributed by atoms with van der Waals surface area (Å²) >= 11 is 0. The molecule has 1 heterocycles. The number of nitrogens with one attached hydrogen (secondary N) is 1. The van der Waals surface area contributed by atoms with Crippen molar-refractivity contribution in [1.82, 2.24) is 9.88 Å². The molecule has 1 aromatic carbocycles. The number of rotatable bonds is 7. The van der Waals surface area contributed by atoms with E-state index in [4.69, 9.17) is 4.74 Å². The van der Waals surface area contributed by atoms with E-state index in [-0.39, 0.29) is 24.1 Å². The molecule has 0 aliphatic carbocycles. The van der Waals surface area contributed by atoms with Crippen LogP contribution in [0.2, 0.25) is 0 Å². The molecule has 5 nitrogen and oxygen atoms in total. The monoisotopic (exact) mass is 314 g/mol. The van der Waals surface area contributed by atoms with Gasteiger partial charge in [-0.1, -0.05) is 18.2 Å². The van der Waals surface area contributed by atoms with Gasteiger partial charge < -0.3 is 14.6 Å². The molecule has 0 aliphatic rings. The van der Waals surface area contributed by atoms with Crippen molar-refractivity contribution in [2.75, 3.05) is 6.54 Å². The zero-order valence-corrected chi connectivity index (χ0v) is 13.5. The first kappa shape index (κ1) is 16.8. The van der Waals surface area contributed by atoms with Crippen LogP contribution in [0.15, 0.2) is 53.5 Å². The van der Waals surface area contributed by atoms with Crippen LogP contribution in [-0.2, 0) is 17.8 Å². The fraction of sp³-hybridized carbons (Fsp3) is 0.333. The summed E-state index contributed by atoms with van der Waals surface area (Å²) in [6.07, 6.45) is 2.49.